The quantitative estimate of drug-likeness (QED) is 0.898. The van der Waals surface area contributed by atoms with Crippen LogP contribution in [0.5, 0.6) is 5.75 Å². The summed E-state index contributed by atoms with van der Waals surface area (Å²) < 4.78 is 5.11. The first-order chi connectivity index (χ1) is 8.76. The third-order valence-corrected chi connectivity index (χ3v) is 3.11. The Morgan fingerprint density at radius 2 is 2.00 bits per heavy atom. The lowest BCUT2D eigenvalue weighted by molar-refractivity contribution is 0.415. The molecule has 2 aromatic rings. The molecule has 92 valence electrons. The van der Waals surface area contributed by atoms with E-state index in [1.807, 2.05) is 24.3 Å². The van der Waals surface area contributed by atoms with E-state index in [0.717, 1.165) is 35.7 Å². The number of benzene rings is 1. The lowest BCUT2D eigenvalue weighted by Gasteiger charge is -2.04. The van der Waals surface area contributed by atoms with Crippen molar-refractivity contribution in [3.63, 3.8) is 0 Å². The molecule has 0 unspecified atom stereocenters. The van der Waals surface area contributed by atoms with Crippen molar-refractivity contribution in [2.24, 2.45) is 0 Å². The molecule has 0 aliphatic heterocycles. The van der Waals surface area contributed by atoms with Gasteiger partial charge in [0.15, 0.2) is 0 Å². The van der Waals surface area contributed by atoms with Crippen LogP contribution in [0.3, 0.4) is 0 Å². The first-order valence-corrected chi connectivity index (χ1v) is 6.02. The van der Waals surface area contributed by atoms with Crippen molar-refractivity contribution in [1.29, 1.82) is 0 Å². The van der Waals surface area contributed by atoms with Gasteiger partial charge >= 0.3 is 0 Å². The van der Waals surface area contributed by atoms with Gasteiger partial charge in [0.1, 0.15) is 11.6 Å². The van der Waals surface area contributed by atoms with E-state index in [0.29, 0.717) is 5.92 Å². The molecular formula is C14H14N2O2. The van der Waals surface area contributed by atoms with E-state index in [4.69, 9.17) is 4.74 Å². The summed E-state index contributed by atoms with van der Waals surface area (Å²) in [7, 11) is 1.63. The second kappa shape index (κ2) is 4.29. The number of nitrogens with one attached hydrogen (secondary N) is 1. The molecule has 1 aliphatic rings. The summed E-state index contributed by atoms with van der Waals surface area (Å²) in [6.45, 7) is 0. The van der Waals surface area contributed by atoms with E-state index in [1.54, 1.807) is 7.11 Å². The fourth-order valence-electron chi connectivity index (χ4n) is 1.94. The number of hydrogen-bond acceptors (Lipinski definition) is 3. The smallest absolute Gasteiger partial charge is 0.251 e. The third kappa shape index (κ3) is 2.14. The number of aromatic nitrogens is 2. The highest BCUT2D eigenvalue weighted by Gasteiger charge is 2.26. The molecule has 0 spiro atoms. The molecule has 0 bridgehead atoms. The lowest BCUT2D eigenvalue weighted by Crippen LogP contribution is -2.10. The number of ether oxygens (including phenoxy) is 1. The van der Waals surface area contributed by atoms with Gasteiger partial charge in [-0.05, 0) is 37.1 Å². The minimum absolute atomic E-state index is 0.0854. The largest absolute Gasteiger partial charge is 0.497 e. The van der Waals surface area contributed by atoms with Crippen LogP contribution in [0.1, 0.15) is 24.6 Å². The number of aromatic amines is 1. The molecule has 18 heavy (non-hydrogen) atoms. The van der Waals surface area contributed by atoms with Crippen LogP contribution in [0, 0.1) is 0 Å². The Morgan fingerprint density at radius 3 is 2.61 bits per heavy atom. The normalized spacial score (nSPS) is 14.5. The van der Waals surface area contributed by atoms with Crippen molar-refractivity contribution >= 4 is 0 Å². The van der Waals surface area contributed by atoms with E-state index < -0.39 is 0 Å². The van der Waals surface area contributed by atoms with Gasteiger partial charge in [0.05, 0.1) is 12.8 Å². The van der Waals surface area contributed by atoms with Gasteiger partial charge in [0.25, 0.3) is 5.56 Å². The maximum Gasteiger partial charge on any atom is 0.251 e. The second-order valence-corrected chi connectivity index (χ2v) is 4.52. The van der Waals surface area contributed by atoms with Gasteiger partial charge in [-0.1, -0.05) is 0 Å². The van der Waals surface area contributed by atoms with Gasteiger partial charge < -0.3 is 9.72 Å². The van der Waals surface area contributed by atoms with Crippen molar-refractivity contribution in [3.8, 4) is 17.0 Å². The van der Waals surface area contributed by atoms with Crippen LogP contribution in [-0.4, -0.2) is 17.1 Å². The van der Waals surface area contributed by atoms with Crippen LogP contribution in [0.15, 0.2) is 35.1 Å². The molecule has 0 saturated heterocycles. The topological polar surface area (TPSA) is 55.0 Å². The third-order valence-electron chi connectivity index (χ3n) is 3.11. The number of methoxy groups -OCH3 is 1. The summed E-state index contributed by atoms with van der Waals surface area (Å²) in [6.07, 6.45) is 2.24. The molecule has 1 saturated carbocycles. The predicted octanol–water partition coefficient (Wildman–Crippen LogP) is 2.32. The van der Waals surface area contributed by atoms with Crippen LogP contribution in [0.4, 0.5) is 0 Å². The Kier molecular flexibility index (Phi) is 2.63. The highest BCUT2D eigenvalue weighted by Crippen LogP contribution is 2.38. The summed E-state index contributed by atoms with van der Waals surface area (Å²) >= 11 is 0. The molecule has 1 N–H and O–H groups in total. The molecule has 0 amide bonds. The summed E-state index contributed by atoms with van der Waals surface area (Å²) in [5.74, 6) is 2.05. The molecule has 4 nitrogen and oxygen atoms in total. The van der Waals surface area contributed by atoms with Crippen molar-refractivity contribution in [3.05, 3.63) is 46.5 Å². The van der Waals surface area contributed by atoms with Crippen LogP contribution in [0.2, 0.25) is 0 Å². The maximum absolute atomic E-state index is 11.6. The highest BCUT2D eigenvalue weighted by atomic mass is 16.5. The number of hydrogen-bond donors (Lipinski definition) is 1. The lowest BCUT2D eigenvalue weighted by atomic mass is 10.1. The summed E-state index contributed by atoms with van der Waals surface area (Å²) in [5.41, 5.74) is 1.57. The number of rotatable bonds is 3. The zero-order valence-electron chi connectivity index (χ0n) is 10.1. The molecule has 1 aromatic carbocycles. The van der Waals surface area contributed by atoms with Gasteiger partial charge in [-0.2, -0.15) is 0 Å². The van der Waals surface area contributed by atoms with Crippen LogP contribution in [-0.2, 0) is 0 Å². The molecule has 1 heterocycles. The number of H-pyrrole nitrogens is 1. The van der Waals surface area contributed by atoms with Crippen molar-refractivity contribution in [2.45, 2.75) is 18.8 Å². The summed E-state index contributed by atoms with van der Waals surface area (Å²) in [6, 6.07) is 9.10. The monoisotopic (exact) mass is 242 g/mol. The SMILES string of the molecule is COc1ccc(-c2cc(=O)[nH]c(C3CC3)n2)cc1. The summed E-state index contributed by atoms with van der Waals surface area (Å²) in [4.78, 5) is 19.0. The standard InChI is InChI=1S/C14H14N2O2/c1-18-11-6-4-9(5-7-11)12-8-13(17)16-14(15-12)10-2-3-10/h4-8,10H,2-3H2,1H3,(H,15,16,17). The Hall–Kier alpha value is -2.10. The van der Waals surface area contributed by atoms with E-state index in [9.17, 15) is 4.79 Å². The molecule has 0 atom stereocenters. The number of nitrogens with zero attached hydrogens (tertiary/aromatic N) is 1. The van der Waals surface area contributed by atoms with Crippen molar-refractivity contribution in [1.82, 2.24) is 9.97 Å². The van der Waals surface area contributed by atoms with E-state index >= 15 is 0 Å². The Balaban J connectivity index is 2.01. The van der Waals surface area contributed by atoms with Crippen molar-refractivity contribution < 1.29 is 4.74 Å². The average Bonchev–Trinajstić information content (AvgIpc) is 3.22. The zero-order valence-corrected chi connectivity index (χ0v) is 10.1. The Labute approximate surface area is 105 Å². The van der Waals surface area contributed by atoms with Gasteiger partial charge in [-0.25, -0.2) is 4.98 Å². The van der Waals surface area contributed by atoms with Gasteiger partial charge in [0.2, 0.25) is 0 Å². The molecule has 3 rings (SSSR count). The average molecular weight is 242 g/mol. The molecule has 4 heteroatoms. The zero-order chi connectivity index (χ0) is 12.5. The molecule has 1 aliphatic carbocycles. The van der Waals surface area contributed by atoms with Gasteiger partial charge in [-0.3, -0.25) is 4.79 Å². The molecule has 1 aromatic heterocycles. The Bertz CT molecular complexity index is 612. The van der Waals surface area contributed by atoms with Crippen LogP contribution >= 0.6 is 0 Å². The van der Waals surface area contributed by atoms with E-state index in [2.05, 4.69) is 9.97 Å². The fourth-order valence-corrected chi connectivity index (χ4v) is 1.94. The first kappa shape index (κ1) is 11.0. The van der Waals surface area contributed by atoms with Crippen LogP contribution in [0.25, 0.3) is 11.3 Å². The minimum atomic E-state index is -0.0854. The maximum atomic E-state index is 11.6. The van der Waals surface area contributed by atoms with E-state index in [1.165, 1.54) is 6.07 Å². The van der Waals surface area contributed by atoms with Crippen LogP contribution < -0.4 is 10.3 Å². The molecule has 0 radical (unpaired) electrons. The fraction of sp³-hybridized carbons (Fsp3) is 0.286. The summed E-state index contributed by atoms with van der Waals surface area (Å²) in [5, 5.41) is 0. The second-order valence-electron chi connectivity index (χ2n) is 4.52. The molecule has 1 fully saturated rings. The van der Waals surface area contributed by atoms with Crippen molar-refractivity contribution in [2.75, 3.05) is 7.11 Å². The minimum Gasteiger partial charge on any atom is -0.497 e. The molecular weight excluding hydrogens is 228 g/mol. The van der Waals surface area contributed by atoms with E-state index in [-0.39, 0.29) is 5.56 Å². The predicted molar refractivity (Wildman–Crippen MR) is 68.8 cm³/mol. The van der Waals surface area contributed by atoms with Gasteiger partial charge in [0, 0.05) is 17.5 Å². The highest BCUT2D eigenvalue weighted by molar-refractivity contribution is 5.59. The first-order valence-electron chi connectivity index (χ1n) is 6.02. The van der Waals surface area contributed by atoms with Gasteiger partial charge in [-0.15, -0.1) is 0 Å². The Morgan fingerprint density at radius 1 is 1.28 bits per heavy atom.